The van der Waals surface area contributed by atoms with E-state index in [1.165, 1.54) is 0 Å². The van der Waals surface area contributed by atoms with Crippen LogP contribution in [0, 0.1) is 0 Å². The summed E-state index contributed by atoms with van der Waals surface area (Å²) in [5.74, 6) is 1.03. The van der Waals surface area contributed by atoms with Crippen LogP contribution in [0.3, 0.4) is 0 Å². The lowest BCUT2D eigenvalue weighted by molar-refractivity contribution is -0.304. The van der Waals surface area contributed by atoms with E-state index in [-0.39, 0.29) is 6.61 Å². The van der Waals surface area contributed by atoms with Gasteiger partial charge in [-0.3, -0.25) is 4.68 Å². The SMILES string of the molecule is OC[C@H]1OC(OCc2ccc(-c3nn(Cc4ccccc4)c4ccccc34)o2)[C@@H](O)[C@@H](O)[C@@H]1O. The van der Waals surface area contributed by atoms with Crippen molar-refractivity contribution in [2.24, 2.45) is 0 Å². The van der Waals surface area contributed by atoms with Crippen LogP contribution >= 0.6 is 0 Å². The second kappa shape index (κ2) is 9.67. The molecule has 1 aliphatic heterocycles. The molecule has 1 aliphatic rings. The fraction of sp³-hybridized carbons (Fsp3) is 0.320. The topological polar surface area (TPSA) is 130 Å². The molecule has 0 saturated carbocycles. The van der Waals surface area contributed by atoms with E-state index < -0.39 is 37.3 Å². The summed E-state index contributed by atoms with van der Waals surface area (Å²) < 4.78 is 18.9. The molecule has 0 spiro atoms. The monoisotopic (exact) mass is 466 g/mol. The van der Waals surface area contributed by atoms with Gasteiger partial charge in [-0.2, -0.15) is 5.10 Å². The van der Waals surface area contributed by atoms with Crippen LogP contribution in [0.4, 0.5) is 0 Å². The molecule has 2 aromatic carbocycles. The van der Waals surface area contributed by atoms with Gasteiger partial charge in [0.15, 0.2) is 12.1 Å². The first-order valence-corrected chi connectivity index (χ1v) is 11.1. The van der Waals surface area contributed by atoms with Crippen molar-refractivity contribution in [3.63, 3.8) is 0 Å². The van der Waals surface area contributed by atoms with Gasteiger partial charge in [-0.1, -0.05) is 48.5 Å². The summed E-state index contributed by atoms with van der Waals surface area (Å²) in [4.78, 5) is 0. The van der Waals surface area contributed by atoms with E-state index in [1.807, 2.05) is 47.1 Å². The minimum Gasteiger partial charge on any atom is -0.457 e. The Morgan fingerprint density at radius 1 is 0.882 bits per heavy atom. The van der Waals surface area contributed by atoms with Crippen LogP contribution in [-0.4, -0.2) is 67.5 Å². The Kier molecular flexibility index (Phi) is 6.46. The van der Waals surface area contributed by atoms with Crippen LogP contribution in [0.1, 0.15) is 11.3 Å². The van der Waals surface area contributed by atoms with E-state index in [1.54, 1.807) is 12.1 Å². The third-order valence-electron chi connectivity index (χ3n) is 5.97. The van der Waals surface area contributed by atoms with Crippen molar-refractivity contribution in [2.75, 3.05) is 6.61 Å². The molecule has 5 atom stereocenters. The van der Waals surface area contributed by atoms with Gasteiger partial charge in [-0.15, -0.1) is 0 Å². The number of aromatic nitrogens is 2. The third-order valence-corrected chi connectivity index (χ3v) is 5.97. The third kappa shape index (κ3) is 4.37. The molecule has 9 nitrogen and oxygen atoms in total. The highest BCUT2D eigenvalue weighted by atomic mass is 16.7. The summed E-state index contributed by atoms with van der Waals surface area (Å²) in [6.45, 7) is 0.0505. The smallest absolute Gasteiger partial charge is 0.187 e. The number of ether oxygens (including phenoxy) is 2. The zero-order valence-electron chi connectivity index (χ0n) is 18.3. The quantitative estimate of drug-likeness (QED) is 0.324. The van der Waals surface area contributed by atoms with Crippen molar-refractivity contribution in [1.82, 2.24) is 9.78 Å². The van der Waals surface area contributed by atoms with Gasteiger partial charge in [-0.25, -0.2) is 0 Å². The number of benzene rings is 2. The number of hydrogen-bond donors (Lipinski definition) is 4. The molecule has 1 fully saturated rings. The van der Waals surface area contributed by atoms with Crippen LogP contribution in [0.5, 0.6) is 0 Å². The molecule has 9 heteroatoms. The first kappa shape index (κ1) is 22.7. The highest BCUT2D eigenvalue weighted by Crippen LogP contribution is 2.30. The Morgan fingerprint density at radius 3 is 2.44 bits per heavy atom. The average Bonchev–Trinajstić information content (AvgIpc) is 3.48. The lowest BCUT2D eigenvalue weighted by Gasteiger charge is -2.39. The normalized spacial score (nSPS) is 25.1. The number of hydrogen-bond acceptors (Lipinski definition) is 8. The molecule has 0 amide bonds. The maximum atomic E-state index is 10.1. The van der Waals surface area contributed by atoms with Gasteiger partial charge in [0.2, 0.25) is 0 Å². The molecular formula is C25H26N2O7. The van der Waals surface area contributed by atoms with E-state index >= 15 is 0 Å². The first-order chi connectivity index (χ1) is 16.5. The number of para-hydroxylation sites is 1. The lowest BCUT2D eigenvalue weighted by atomic mass is 9.99. The Balaban J connectivity index is 1.34. The number of fused-ring (bicyclic) bond motifs is 1. The predicted octanol–water partition coefficient (Wildman–Crippen LogP) is 1.66. The minimum atomic E-state index is -1.50. The Hall–Kier alpha value is -3.05. The Bertz CT molecular complexity index is 1240. The number of rotatable bonds is 7. The van der Waals surface area contributed by atoms with E-state index in [4.69, 9.17) is 19.0 Å². The fourth-order valence-electron chi connectivity index (χ4n) is 4.14. The minimum absolute atomic E-state index is 0.0503. The average molecular weight is 466 g/mol. The molecule has 4 N–H and O–H groups in total. The van der Waals surface area contributed by atoms with Crippen molar-refractivity contribution in [1.29, 1.82) is 0 Å². The largest absolute Gasteiger partial charge is 0.457 e. The van der Waals surface area contributed by atoms with Gasteiger partial charge in [-0.05, 0) is 23.8 Å². The predicted molar refractivity (Wildman–Crippen MR) is 122 cm³/mol. The molecule has 34 heavy (non-hydrogen) atoms. The standard InChI is InChI=1S/C25H26N2O7/c28-13-20-22(29)23(30)24(31)25(34-20)32-14-16-10-11-19(33-16)21-17-8-4-5-9-18(17)27(26-21)12-15-6-2-1-3-7-15/h1-11,20,22-25,28-31H,12-14H2/t20-,22-,23+,24+,25?/m1/s1. The van der Waals surface area contributed by atoms with Gasteiger partial charge >= 0.3 is 0 Å². The summed E-state index contributed by atoms with van der Waals surface area (Å²) >= 11 is 0. The maximum absolute atomic E-state index is 10.1. The summed E-state index contributed by atoms with van der Waals surface area (Å²) in [6, 6.07) is 21.5. The molecular weight excluding hydrogens is 440 g/mol. The molecule has 0 radical (unpaired) electrons. The molecule has 3 heterocycles. The molecule has 5 rings (SSSR count). The zero-order chi connectivity index (χ0) is 23.7. The lowest BCUT2D eigenvalue weighted by Crippen LogP contribution is -2.59. The van der Waals surface area contributed by atoms with Crippen LogP contribution in [0.25, 0.3) is 22.4 Å². The summed E-state index contributed by atoms with van der Waals surface area (Å²) in [7, 11) is 0. The maximum Gasteiger partial charge on any atom is 0.187 e. The van der Waals surface area contributed by atoms with Gasteiger partial charge in [0.25, 0.3) is 0 Å². The molecule has 0 bridgehead atoms. The van der Waals surface area contributed by atoms with Crippen LogP contribution in [0.2, 0.25) is 0 Å². The van der Waals surface area contributed by atoms with Crippen molar-refractivity contribution < 1.29 is 34.3 Å². The van der Waals surface area contributed by atoms with Crippen molar-refractivity contribution in [3.05, 3.63) is 78.1 Å². The number of aliphatic hydroxyl groups is 4. The molecule has 0 aliphatic carbocycles. The Labute approximate surface area is 195 Å². The van der Waals surface area contributed by atoms with Crippen LogP contribution in [0.15, 0.2) is 71.1 Å². The van der Waals surface area contributed by atoms with Gasteiger partial charge < -0.3 is 34.3 Å². The Morgan fingerprint density at radius 2 is 1.65 bits per heavy atom. The number of aliphatic hydroxyl groups excluding tert-OH is 4. The van der Waals surface area contributed by atoms with Crippen molar-refractivity contribution in [2.45, 2.75) is 43.9 Å². The second-order valence-electron chi connectivity index (χ2n) is 8.28. The highest BCUT2D eigenvalue weighted by molar-refractivity contribution is 5.92. The first-order valence-electron chi connectivity index (χ1n) is 11.1. The highest BCUT2D eigenvalue weighted by Gasteiger charge is 2.44. The molecule has 178 valence electrons. The van der Waals surface area contributed by atoms with Gasteiger partial charge in [0.05, 0.1) is 18.7 Å². The van der Waals surface area contributed by atoms with Crippen LogP contribution in [-0.2, 0) is 22.6 Å². The summed E-state index contributed by atoms with van der Waals surface area (Å²) in [5, 5.41) is 45.0. The number of nitrogens with zero attached hydrogens (tertiary/aromatic N) is 2. The van der Waals surface area contributed by atoms with Crippen molar-refractivity contribution in [3.8, 4) is 11.5 Å². The molecule has 1 saturated heterocycles. The van der Waals surface area contributed by atoms with Crippen molar-refractivity contribution >= 4 is 10.9 Å². The summed E-state index contributed by atoms with van der Waals surface area (Å²) in [6.07, 6.45) is -6.66. The van der Waals surface area contributed by atoms with Crippen LogP contribution < -0.4 is 0 Å². The molecule has 2 aromatic heterocycles. The number of furan rings is 1. The van der Waals surface area contributed by atoms with E-state index in [0.717, 1.165) is 16.5 Å². The van der Waals surface area contributed by atoms with Gasteiger partial charge in [0, 0.05) is 5.39 Å². The van der Waals surface area contributed by atoms with Gasteiger partial charge in [0.1, 0.15) is 42.5 Å². The van der Waals surface area contributed by atoms with E-state index in [9.17, 15) is 20.4 Å². The molecule has 4 aromatic rings. The van der Waals surface area contributed by atoms with E-state index in [0.29, 0.717) is 23.8 Å². The summed E-state index contributed by atoms with van der Waals surface area (Å²) in [5.41, 5.74) is 2.82. The second-order valence-corrected chi connectivity index (χ2v) is 8.28. The fourth-order valence-corrected chi connectivity index (χ4v) is 4.14. The molecule has 1 unspecified atom stereocenters. The zero-order valence-corrected chi connectivity index (χ0v) is 18.3. The van der Waals surface area contributed by atoms with E-state index in [2.05, 4.69) is 12.1 Å².